The van der Waals surface area contributed by atoms with Crippen molar-refractivity contribution in [2.24, 2.45) is 5.29 Å². The molecule has 0 aliphatic heterocycles. The summed E-state index contributed by atoms with van der Waals surface area (Å²) in [6.45, 7) is 2.55. The summed E-state index contributed by atoms with van der Waals surface area (Å²) in [6, 6.07) is 0. The van der Waals surface area contributed by atoms with E-state index in [1.54, 1.807) is 7.05 Å². The lowest BCUT2D eigenvalue weighted by Crippen LogP contribution is -2.06. The first-order valence-electron chi connectivity index (χ1n) is 1.85. The minimum Gasteiger partial charge on any atom is -0.264 e. The Hall–Kier alpha value is -0.600. The molecule has 0 fully saturated rings. The normalized spacial score (nSPS) is 7.67. The van der Waals surface area contributed by atoms with Gasteiger partial charge in [0.2, 0.25) is 0 Å². The summed E-state index contributed by atoms with van der Waals surface area (Å²) in [5.74, 6) is 0. The molecule has 0 saturated carbocycles. The summed E-state index contributed by atoms with van der Waals surface area (Å²) >= 11 is 0. The van der Waals surface area contributed by atoms with Crippen molar-refractivity contribution >= 4 is 0 Å². The van der Waals surface area contributed by atoms with Crippen molar-refractivity contribution < 1.29 is 0 Å². The summed E-state index contributed by atoms with van der Waals surface area (Å²) < 4.78 is 0. The zero-order chi connectivity index (χ0) is 4.99. The maximum Gasteiger partial charge on any atom is 0.0521 e. The standard InChI is InChI=1S/C3H8N2O/c1-3-5(2)4-6/h3H2,1-2H3. The van der Waals surface area contributed by atoms with Crippen molar-refractivity contribution in [2.45, 2.75) is 6.92 Å². The third-order valence-electron chi connectivity index (χ3n) is 0.597. The number of rotatable bonds is 2. The second kappa shape index (κ2) is 2.63. The molecule has 0 atom stereocenters. The van der Waals surface area contributed by atoms with Crippen molar-refractivity contribution in [3.8, 4) is 0 Å². The molecule has 0 N–H and O–H groups in total. The highest BCUT2D eigenvalue weighted by Crippen LogP contribution is 1.74. The molecule has 0 saturated heterocycles. The van der Waals surface area contributed by atoms with Gasteiger partial charge in [-0.25, -0.2) is 0 Å². The fourth-order valence-electron chi connectivity index (χ4n) is 0.0577. The van der Waals surface area contributed by atoms with Gasteiger partial charge in [0.25, 0.3) is 0 Å². The fourth-order valence-corrected chi connectivity index (χ4v) is 0.0577. The third-order valence-corrected chi connectivity index (χ3v) is 0.597. The van der Waals surface area contributed by atoms with Crippen LogP contribution < -0.4 is 0 Å². The van der Waals surface area contributed by atoms with Crippen LogP contribution in [0.15, 0.2) is 5.29 Å². The van der Waals surface area contributed by atoms with Gasteiger partial charge in [0.15, 0.2) is 0 Å². The van der Waals surface area contributed by atoms with E-state index in [1.807, 2.05) is 6.92 Å². The summed E-state index contributed by atoms with van der Waals surface area (Å²) in [7, 11) is 1.63. The van der Waals surface area contributed by atoms with E-state index in [1.165, 1.54) is 5.01 Å². The molecular formula is C3H8N2O. The molecule has 0 heterocycles. The zero-order valence-electron chi connectivity index (χ0n) is 4.01. The first-order valence-corrected chi connectivity index (χ1v) is 1.85. The lowest BCUT2D eigenvalue weighted by Gasteiger charge is -1.99. The first-order chi connectivity index (χ1) is 2.81. The van der Waals surface area contributed by atoms with Crippen LogP contribution in [0.5, 0.6) is 0 Å². The van der Waals surface area contributed by atoms with E-state index in [-0.39, 0.29) is 0 Å². The van der Waals surface area contributed by atoms with Crippen LogP contribution in [0.3, 0.4) is 0 Å². The molecular weight excluding hydrogens is 80.0 g/mol. The Balaban J connectivity index is 2.96. The van der Waals surface area contributed by atoms with Gasteiger partial charge in [-0.05, 0) is 6.92 Å². The Kier molecular flexibility index (Phi) is 2.36. The van der Waals surface area contributed by atoms with Crippen LogP contribution in [-0.4, -0.2) is 18.6 Å². The van der Waals surface area contributed by atoms with Gasteiger partial charge in [0.1, 0.15) is 0 Å². The largest absolute Gasteiger partial charge is 0.264 e. The minimum absolute atomic E-state index is 0.684. The number of hydrogen-bond donors (Lipinski definition) is 0. The van der Waals surface area contributed by atoms with Crippen molar-refractivity contribution in [3.63, 3.8) is 0 Å². The maximum absolute atomic E-state index is 9.41. The van der Waals surface area contributed by atoms with E-state index in [0.29, 0.717) is 6.54 Å². The molecule has 0 unspecified atom stereocenters. The molecule has 0 aromatic rings. The molecule has 0 aromatic heterocycles. The second-order valence-electron chi connectivity index (χ2n) is 1.06. The van der Waals surface area contributed by atoms with E-state index < -0.39 is 0 Å². The molecule has 0 radical (unpaired) electrons. The Labute approximate surface area is 36.9 Å². The SMILES string of the molecule is CCN(C)N=O. The van der Waals surface area contributed by atoms with Crippen LogP contribution in [0, 0.1) is 4.91 Å². The van der Waals surface area contributed by atoms with E-state index in [9.17, 15) is 4.91 Å². The number of nitrogens with zero attached hydrogens (tertiary/aromatic N) is 2. The second-order valence-corrected chi connectivity index (χ2v) is 1.06. The molecule has 3 heteroatoms. The van der Waals surface area contributed by atoms with Crippen LogP contribution in [-0.2, 0) is 0 Å². The zero-order valence-corrected chi connectivity index (χ0v) is 4.01. The highest BCUT2D eigenvalue weighted by Gasteiger charge is 1.80. The molecule has 0 spiro atoms. The molecule has 0 rings (SSSR count). The van der Waals surface area contributed by atoms with E-state index >= 15 is 0 Å². The predicted molar refractivity (Wildman–Crippen MR) is 24.1 cm³/mol. The van der Waals surface area contributed by atoms with Gasteiger partial charge in [0, 0.05) is 13.6 Å². The Morgan fingerprint density at radius 2 is 2.33 bits per heavy atom. The first kappa shape index (κ1) is 5.40. The van der Waals surface area contributed by atoms with Gasteiger partial charge < -0.3 is 0 Å². The molecule has 6 heavy (non-hydrogen) atoms. The summed E-state index contributed by atoms with van der Waals surface area (Å²) in [5.41, 5.74) is 0. The van der Waals surface area contributed by atoms with Crippen LogP contribution >= 0.6 is 0 Å². The highest BCUT2D eigenvalue weighted by molar-refractivity contribution is 4.29. The molecule has 0 aliphatic carbocycles. The highest BCUT2D eigenvalue weighted by atomic mass is 16.3. The Morgan fingerprint density at radius 3 is 2.33 bits per heavy atom. The molecule has 0 aromatic carbocycles. The molecule has 36 valence electrons. The van der Waals surface area contributed by atoms with Gasteiger partial charge >= 0.3 is 0 Å². The van der Waals surface area contributed by atoms with Crippen molar-refractivity contribution in [2.75, 3.05) is 13.6 Å². The van der Waals surface area contributed by atoms with Gasteiger partial charge in [-0.15, -0.1) is 4.91 Å². The number of hydrogen-bond acceptors (Lipinski definition) is 2. The van der Waals surface area contributed by atoms with E-state index in [2.05, 4.69) is 5.29 Å². The molecule has 3 nitrogen and oxygen atoms in total. The molecule has 0 aliphatic rings. The summed E-state index contributed by atoms with van der Waals surface area (Å²) in [5, 5.41) is 3.91. The molecule has 0 bridgehead atoms. The fraction of sp³-hybridized carbons (Fsp3) is 1.00. The van der Waals surface area contributed by atoms with Crippen molar-refractivity contribution in [1.82, 2.24) is 5.01 Å². The Morgan fingerprint density at radius 1 is 1.83 bits per heavy atom. The molecule has 0 amide bonds. The van der Waals surface area contributed by atoms with Crippen molar-refractivity contribution in [1.29, 1.82) is 0 Å². The topological polar surface area (TPSA) is 32.7 Å². The maximum atomic E-state index is 9.41. The lowest BCUT2D eigenvalue weighted by molar-refractivity contribution is 0.370. The van der Waals surface area contributed by atoms with Crippen LogP contribution in [0.4, 0.5) is 0 Å². The minimum atomic E-state index is 0.684. The quantitative estimate of drug-likeness (QED) is 0.366. The van der Waals surface area contributed by atoms with E-state index in [4.69, 9.17) is 0 Å². The lowest BCUT2D eigenvalue weighted by atomic mass is 10.8. The number of nitroso groups, excluding NO2 is 1. The van der Waals surface area contributed by atoms with Gasteiger partial charge in [-0.2, -0.15) is 0 Å². The predicted octanol–water partition coefficient (Wildman–Crippen LogP) is 0.619. The van der Waals surface area contributed by atoms with E-state index in [0.717, 1.165) is 0 Å². The van der Waals surface area contributed by atoms with Crippen LogP contribution in [0.1, 0.15) is 6.92 Å². The summed E-state index contributed by atoms with van der Waals surface area (Å²) in [6.07, 6.45) is 0. The smallest absolute Gasteiger partial charge is 0.0521 e. The van der Waals surface area contributed by atoms with Crippen LogP contribution in [0.2, 0.25) is 0 Å². The van der Waals surface area contributed by atoms with Gasteiger partial charge in [0.05, 0.1) is 5.29 Å². The third kappa shape index (κ3) is 1.69. The summed E-state index contributed by atoms with van der Waals surface area (Å²) in [4.78, 5) is 9.41. The van der Waals surface area contributed by atoms with Crippen molar-refractivity contribution in [3.05, 3.63) is 4.91 Å². The monoisotopic (exact) mass is 88.1 g/mol. The van der Waals surface area contributed by atoms with Gasteiger partial charge in [-0.1, -0.05) is 0 Å². The Bertz CT molecular complexity index is 46.1. The van der Waals surface area contributed by atoms with Crippen LogP contribution in [0.25, 0.3) is 0 Å². The average Bonchev–Trinajstić information content (AvgIpc) is 1.65. The average molecular weight is 88.1 g/mol. The van der Waals surface area contributed by atoms with Gasteiger partial charge in [-0.3, -0.25) is 5.01 Å².